The molecule has 0 aliphatic heterocycles. The maximum atomic E-state index is 13.5. The Bertz CT molecular complexity index is 1360. The quantitative estimate of drug-likeness (QED) is 0.323. The van der Waals surface area contributed by atoms with Gasteiger partial charge in [-0.2, -0.15) is 9.78 Å². The van der Waals surface area contributed by atoms with Gasteiger partial charge in [0.1, 0.15) is 21.1 Å². The number of ether oxygens (including phenoxy) is 2. The average Bonchev–Trinajstić information content (AvgIpc) is 3.17. The minimum Gasteiger partial charge on any atom is -0.494 e. The molecule has 0 radical (unpaired) electrons. The van der Waals surface area contributed by atoms with Crippen LogP contribution in [0.3, 0.4) is 0 Å². The second-order valence-corrected chi connectivity index (χ2v) is 8.81. The normalized spacial score (nSPS) is 11.8. The molecule has 0 amide bonds. The van der Waals surface area contributed by atoms with Gasteiger partial charge in [-0.3, -0.25) is 4.79 Å². The van der Waals surface area contributed by atoms with E-state index in [0.717, 1.165) is 45.6 Å². The fourth-order valence-corrected chi connectivity index (χ4v) is 4.89. The van der Waals surface area contributed by atoms with Gasteiger partial charge in [-0.15, -0.1) is 11.3 Å². The van der Waals surface area contributed by atoms with Crippen LogP contribution in [0.1, 0.15) is 49.3 Å². The summed E-state index contributed by atoms with van der Waals surface area (Å²) in [6.45, 7) is 7.07. The summed E-state index contributed by atoms with van der Waals surface area (Å²) in [5, 5.41) is 5.44. The maximum Gasteiger partial charge on any atom is 0.292 e. The van der Waals surface area contributed by atoms with E-state index in [-0.39, 0.29) is 5.56 Å². The number of unbranched alkanes of at least 4 members (excludes halogenated alkanes) is 1. The highest BCUT2D eigenvalue weighted by Gasteiger charge is 2.19. The SMILES string of the molecule is CCCCc1nc2c(sc3nc(C)cc(COC)c32)c(=O)n1/N=C\c1ccc(OCC)cc1. The van der Waals surface area contributed by atoms with Gasteiger partial charge >= 0.3 is 0 Å². The molecule has 0 atom stereocenters. The van der Waals surface area contributed by atoms with Crippen molar-refractivity contribution in [2.24, 2.45) is 5.10 Å². The molecule has 0 saturated heterocycles. The topological polar surface area (TPSA) is 78.6 Å². The molecule has 33 heavy (non-hydrogen) atoms. The molecule has 0 N–H and O–H groups in total. The minimum absolute atomic E-state index is 0.169. The van der Waals surface area contributed by atoms with Crippen molar-refractivity contribution in [1.29, 1.82) is 0 Å². The van der Waals surface area contributed by atoms with E-state index in [4.69, 9.17) is 14.5 Å². The summed E-state index contributed by atoms with van der Waals surface area (Å²) in [7, 11) is 1.67. The van der Waals surface area contributed by atoms with Crippen LogP contribution in [0.4, 0.5) is 0 Å². The minimum atomic E-state index is -0.169. The summed E-state index contributed by atoms with van der Waals surface area (Å²) in [6.07, 6.45) is 4.27. The Morgan fingerprint density at radius 1 is 1.18 bits per heavy atom. The molecule has 1 aromatic carbocycles. The summed E-state index contributed by atoms with van der Waals surface area (Å²) in [6, 6.07) is 9.62. The summed E-state index contributed by atoms with van der Waals surface area (Å²) < 4.78 is 12.9. The van der Waals surface area contributed by atoms with E-state index >= 15 is 0 Å². The Kier molecular flexibility index (Phi) is 7.15. The van der Waals surface area contributed by atoms with Crippen LogP contribution in [-0.4, -0.2) is 34.6 Å². The lowest BCUT2D eigenvalue weighted by Crippen LogP contribution is -2.21. The smallest absolute Gasteiger partial charge is 0.292 e. The first-order chi connectivity index (χ1) is 16.0. The zero-order valence-electron chi connectivity index (χ0n) is 19.4. The summed E-state index contributed by atoms with van der Waals surface area (Å²) in [5.41, 5.74) is 3.29. The van der Waals surface area contributed by atoms with E-state index in [1.807, 2.05) is 44.2 Å². The van der Waals surface area contributed by atoms with Crippen LogP contribution in [0.15, 0.2) is 40.2 Å². The molecule has 3 aromatic heterocycles. The number of methoxy groups -OCH3 is 1. The molecule has 0 bridgehead atoms. The summed E-state index contributed by atoms with van der Waals surface area (Å²) in [5.74, 6) is 1.46. The second kappa shape index (κ2) is 10.2. The Labute approximate surface area is 196 Å². The number of pyridine rings is 1. The molecule has 0 saturated carbocycles. The van der Waals surface area contributed by atoms with Crippen LogP contribution in [-0.2, 0) is 17.8 Å². The predicted molar refractivity (Wildman–Crippen MR) is 134 cm³/mol. The van der Waals surface area contributed by atoms with Crippen LogP contribution in [0, 0.1) is 6.92 Å². The third-order valence-corrected chi connectivity index (χ3v) is 6.35. The molecular formula is C25H28N4O3S. The molecule has 0 unspecified atom stereocenters. The van der Waals surface area contributed by atoms with Crippen LogP contribution in [0.2, 0.25) is 0 Å². The molecule has 3 heterocycles. The molecule has 8 heteroatoms. The molecular weight excluding hydrogens is 436 g/mol. The van der Waals surface area contributed by atoms with Crippen molar-refractivity contribution >= 4 is 38.0 Å². The van der Waals surface area contributed by atoms with E-state index in [1.54, 1.807) is 13.3 Å². The zero-order chi connectivity index (χ0) is 23.4. The second-order valence-electron chi connectivity index (χ2n) is 7.81. The maximum absolute atomic E-state index is 13.5. The van der Waals surface area contributed by atoms with Gasteiger partial charge in [0.05, 0.1) is 24.9 Å². The van der Waals surface area contributed by atoms with Crippen molar-refractivity contribution in [3.8, 4) is 5.75 Å². The van der Waals surface area contributed by atoms with Gasteiger partial charge in [-0.25, -0.2) is 9.97 Å². The predicted octanol–water partition coefficient (Wildman–Crippen LogP) is 5.08. The van der Waals surface area contributed by atoms with Crippen molar-refractivity contribution in [2.75, 3.05) is 13.7 Å². The number of hydrogen-bond donors (Lipinski definition) is 0. The molecule has 0 aliphatic rings. The van der Waals surface area contributed by atoms with Gasteiger partial charge in [0.15, 0.2) is 0 Å². The van der Waals surface area contributed by atoms with Gasteiger partial charge in [0, 0.05) is 24.6 Å². The largest absolute Gasteiger partial charge is 0.494 e. The highest BCUT2D eigenvalue weighted by molar-refractivity contribution is 7.25. The Hall–Kier alpha value is -3.10. The van der Waals surface area contributed by atoms with E-state index in [0.29, 0.717) is 35.7 Å². The number of aromatic nitrogens is 3. The Morgan fingerprint density at radius 3 is 2.67 bits per heavy atom. The average molecular weight is 465 g/mol. The summed E-state index contributed by atoms with van der Waals surface area (Å²) >= 11 is 1.37. The molecule has 7 nitrogen and oxygen atoms in total. The molecule has 0 fully saturated rings. The molecule has 0 aliphatic carbocycles. The molecule has 0 spiro atoms. The molecule has 4 rings (SSSR count). The third kappa shape index (κ3) is 4.82. The van der Waals surface area contributed by atoms with Gasteiger partial charge in [-0.05, 0) is 61.7 Å². The number of aryl methyl sites for hydroxylation is 2. The number of nitrogens with zero attached hydrogens (tertiary/aromatic N) is 4. The third-order valence-electron chi connectivity index (χ3n) is 5.29. The lowest BCUT2D eigenvalue weighted by Gasteiger charge is -2.08. The fourth-order valence-electron chi connectivity index (χ4n) is 3.76. The highest BCUT2D eigenvalue weighted by Crippen LogP contribution is 2.33. The van der Waals surface area contributed by atoms with Gasteiger partial charge in [0.25, 0.3) is 5.56 Å². The highest BCUT2D eigenvalue weighted by atomic mass is 32.1. The standard InChI is InChI=1S/C25H28N4O3S/c1-5-7-8-20-28-22-21-18(15-31-4)13-16(3)27-24(21)33-23(22)25(30)29(20)26-14-17-9-11-19(12-10-17)32-6-2/h9-14H,5-8,15H2,1-4H3/b26-14-. The van der Waals surface area contributed by atoms with E-state index < -0.39 is 0 Å². The Balaban J connectivity index is 1.86. The number of hydrogen-bond acceptors (Lipinski definition) is 7. The van der Waals surface area contributed by atoms with E-state index in [1.165, 1.54) is 16.0 Å². The van der Waals surface area contributed by atoms with Gasteiger partial charge in [0.2, 0.25) is 0 Å². The number of fused-ring (bicyclic) bond motifs is 3. The first-order valence-corrected chi connectivity index (χ1v) is 12.0. The molecule has 4 aromatic rings. The lowest BCUT2D eigenvalue weighted by atomic mass is 10.1. The van der Waals surface area contributed by atoms with Gasteiger partial charge in [-0.1, -0.05) is 13.3 Å². The first kappa shape index (κ1) is 23.1. The lowest BCUT2D eigenvalue weighted by molar-refractivity contribution is 0.186. The van der Waals surface area contributed by atoms with E-state index in [9.17, 15) is 4.79 Å². The van der Waals surface area contributed by atoms with Crippen LogP contribution >= 0.6 is 11.3 Å². The Morgan fingerprint density at radius 2 is 1.97 bits per heavy atom. The van der Waals surface area contributed by atoms with Crippen molar-refractivity contribution in [1.82, 2.24) is 14.6 Å². The van der Waals surface area contributed by atoms with Crippen molar-refractivity contribution in [3.05, 3.63) is 63.3 Å². The van der Waals surface area contributed by atoms with Crippen LogP contribution in [0.25, 0.3) is 20.4 Å². The van der Waals surface area contributed by atoms with Gasteiger partial charge < -0.3 is 9.47 Å². The van der Waals surface area contributed by atoms with Crippen molar-refractivity contribution in [2.45, 2.75) is 46.6 Å². The van der Waals surface area contributed by atoms with Crippen molar-refractivity contribution < 1.29 is 9.47 Å². The monoisotopic (exact) mass is 464 g/mol. The fraction of sp³-hybridized carbons (Fsp3) is 0.360. The van der Waals surface area contributed by atoms with E-state index in [2.05, 4.69) is 17.0 Å². The van der Waals surface area contributed by atoms with Crippen LogP contribution < -0.4 is 10.3 Å². The van der Waals surface area contributed by atoms with Crippen molar-refractivity contribution in [3.63, 3.8) is 0 Å². The first-order valence-electron chi connectivity index (χ1n) is 11.2. The number of benzene rings is 1. The zero-order valence-corrected chi connectivity index (χ0v) is 20.2. The summed E-state index contributed by atoms with van der Waals surface area (Å²) in [4.78, 5) is 23.9. The van der Waals surface area contributed by atoms with Crippen LogP contribution in [0.5, 0.6) is 5.75 Å². The molecule has 172 valence electrons. The number of thiophene rings is 1. The number of rotatable bonds is 9.